The number of nitrogens with one attached hydrogen (secondary N) is 1. The number of fused-ring (bicyclic) bond motifs is 1. The summed E-state index contributed by atoms with van der Waals surface area (Å²) in [7, 11) is -3.69. The minimum absolute atomic E-state index is 0.189. The number of hydrogen-bond acceptors (Lipinski definition) is 5. The fourth-order valence-corrected chi connectivity index (χ4v) is 4.35. The highest BCUT2D eigenvalue weighted by Gasteiger charge is 2.18. The first-order valence-corrected chi connectivity index (χ1v) is 8.63. The number of pyridine rings is 1. The van der Waals surface area contributed by atoms with E-state index in [9.17, 15) is 8.42 Å². The number of hydrogen-bond donors (Lipinski definition) is 1. The molecule has 0 fully saturated rings. The van der Waals surface area contributed by atoms with E-state index < -0.39 is 10.0 Å². The van der Waals surface area contributed by atoms with Crippen molar-refractivity contribution in [3.63, 3.8) is 0 Å². The SMILES string of the molecule is O=S(=O)(Nc1ncc(Br)s1)c1cccc2ncccc12. The van der Waals surface area contributed by atoms with Gasteiger partial charge in [-0.1, -0.05) is 17.4 Å². The molecule has 0 spiro atoms. The molecule has 0 aliphatic heterocycles. The number of sulfonamides is 1. The summed E-state index contributed by atoms with van der Waals surface area (Å²) in [6, 6.07) is 8.43. The number of aromatic nitrogens is 2. The van der Waals surface area contributed by atoms with Crippen molar-refractivity contribution in [1.29, 1.82) is 0 Å². The van der Waals surface area contributed by atoms with Crippen LogP contribution in [-0.2, 0) is 10.0 Å². The molecule has 0 atom stereocenters. The summed E-state index contributed by atoms with van der Waals surface area (Å²) in [5.41, 5.74) is 0.635. The predicted molar refractivity (Wildman–Crippen MR) is 82.4 cm³/mol. The van der Waals surface area contributed by atoms with Crippen LogP contribution < -0.4 is 4.72 Å². The van der Waals surface area contributed by atoms with E-state index in [2.05, 4.69) is 30.6 Å². The molecular formula is C12H8BrN3O2S2. The molecule has 8 heteroatoms. The van der Waals surface area contributed by atoms with Crippen LogP contribution in [0.1, 0.15) is 0 Å². The molecule has 3 rings (SSSR count). The molecule has 0 saturated carbocycles. The molecule has 0 amide bonds. The van der Waals surface area contributed by atoms with Gasteiger partial charge in [0.05, 0.1) is 20.4 Å². The third kappa shape index (κ3) is 2.54. The van der Waals surface area contributed by atoms with Crippen LogP contribution in [0.2, 0.25) is 0 Å². The van der Waals surface area contributed by atoms with E-state index in [0.717, 1.165) is 3.79 Å². The number of halogens is 1. The lowest BCUT2D eigenvalue weighted by atomic mass is 10.2. The van der Waals surface area contributed by atoms with Crippen LogP contribution in [0.4, 0.5) is 5.13 Å². The van der Waals surface area contributed by atoms with Crippen molar-refractivity contribution in [2.45, 2.75) is 4.90 Å². The maximum absolute atomic E-state index is 12.4. The Morgan fingerprint density at radius 1 is 1.15 bits per heavy atom. The van der Waals surface area contributed by atoms with E-state index in [1.807, 2.05) is 0 Å². The van der Waals surface area contributed by atoms with Gasteiger partial charge in [-0.2, -0.15) is 0 Å². The Morgan fingerprint density at radius 3 is 2.75 bits per heavy atom. The van der Waals surface area contributed by atoms with Gasteiger partial charge in [-0.25, -0.2) is 13.4 Å². The average molecular weight is 370 g/mol. The van der Waals surface area contributed by atoms with E-state index in [-0.39, 0.29) is 4.90 Å². The molecule has 102 valence electrons. The van der Waals surface area contributed by atoms with Gasteiger partial charge in [-0.15, -0.1) is 0 Å². The van der Waals surface area contributed by atoms with Crippen molar-refractivity contribution in [2.24, 2.45) is 0 Å². The molecule has 0 radical (unpaired) electrons. The fourth-order valence-electron chi connectivity index (χ4n) is 1.78. The quantitative estimate of drug-likeness (QED) is 0.768. The molecule has 0 aliphatic rings. The molecule has 0 bridgehead atoms. The van der Waals surface area contributed by atoms with E-state index in [0.29, 0.717) is 16.0 Å². The minimum Gasteiger partial charge on any atom is -0.256 e. The van der Waals surface area contributed by atoms with Crippen molar-refractivity contribution in [3.05, 3.63) is 46.5 Å². The van der Waals surface area contributed by atoms with Crippen LogP contribution >= 0.6 is 27.3 Å². The Labute approximate surface area is 127 Å². The van der Waals surface area contributed by atoms with Gasteiger partial charge in [0.25, 0.3) is 10.0 Å². The Hall–Kier alpha value is -1.51. The van der Waals surface area contributed by atoms with E-state index >= 15 is 0 Å². The summed E-state index contributed by atoms with van der Waals surface area (Å²) in [4.78, 5) is 8.32. The van der Waals surface area contributed by atoms with Crippen LogP contribution in [-0.4, -0.2) is 18.4 Å². The third-order valence-corrected chi connectivity index (χ3v) is 5.51. The van der Waals surface area contributed by atoms with E-state index in [1.54, 1.807) is 42.7 Å². The number of thiazole rings is 1. The molecule has 2 heterocycles. The van der Waals surface area contributed by atoms with Crippen LogP contribution in [0, 0.1) is 0 Å². The molecule has 3 aromatic rings. The van der Waals surface area contributed by atoms with Crippen molar-refractivity contribution in [2.75, 3.05) is 4.72 Å². The lowest BCUT2D eigenvalue weighted by molar-refractivity contribution is 0.602. The van der Waals surface area contributed by atoms with Crippen molar-refractivity contribution < 1.29 is 8.42 Å². The molecule has 0 aliphatic carbocycles. The first-order chi connectivity index (χ1) is 9.56. The summed E-state index contributed by atoms with van der Waals surface area (Å²) >= 11 is 4.46. The summed E-state index contributed by atoms with van der Waals surface area (Å²) in [5.74, 6) is 0. The number of rotatable bonds is 3. The highest BCUT2D eigenvalue weighted by molar-refractivity contribution is 9.11. The highest BCUT2D eigenvalue weighted by atomic mass is 79.9. The Balaban J connectivity index is 2.09. The third-order valence-electron chi connectivity index (χ3n) is 2.59. The molecule has 0 unspecified atom stereocenters. The van der Waals surface area contributed by atoms with Gasteiger partial charge in [0, 0.05) is 11.6 Å². The van der Waals surface area contributed by atoms with Crippen LogP contribution in [0.25, 0.3) is 10.9 Å². The lowest BCUT2D eigenvalue weighted by Crippen LogP contribution is -2.13. The van der Waals surface area contributed by atoms with E-state index in [4.69, 9.17) is 0 Å². The lowest BCUT2D eigenvalue weighted by Gasteiger charge is -2.07. The molecule has 1 aromatic carbocycles. The monoisotopic (exact) mass is 369 g/mol. The molecule has 0 saturated heterocycles. The Morgan fingerprint density at radius 2 is 2.00 bits per heavy atom. The van der Waals surface area contributed by atoms with Crippen molar-refractivity contribution >= 4 is 53.3 Å². The van der Waals surface area contributed by atoms with Crippen LogP contribution in [0.3, 0.4) is 0 Å². The van der Waals surface area contributed by atoms with Gasteiger partial charge in [0.1, 0.15) is 0 Å². The summed E-state index contributed by atoms with van der Waals surface area (Å²) in [5, 5.41) is 0.899. The number of nitrogens with zero attached hydrogens (tertiary/aromatic N) is 2. The molecule has 5 nitrogen and oxygen atoms in total. The standard InChI is InChI=1S/C12H8BrN3O2S2/c13-11-7-15-12(19-11)16-20(17,18)10-5-1-4-9-8(10)3-2-6-14-9/h1-7H,(H,15,16). The second-order valence-electron chi connectivity index (χ2n) is 3.90. The fraction of sp³-hybridized carbons (Fsp3) is 0. The zero-order chi connectivity index (χ0) is 14.2. The van der Waals surface area contributed by atoms with Gasteiger partial charge in [0.15, 0.2) is 5.13 Å². The van der Waals surface area contributed by atoms with Crippen molar-refractivity contribution in [3.8, 4) is 0 Å². The first kappa shape index (κ1) is 13.5. The number of anilines is 1. The molecule has 1 N–H and O–H groups in total. The Bertz CT molecular complexity index is 872. The topological polar surface area (TPSA) is 72.0 Å². The predicted octanol–water partition coefficient (Wildman–Crippen LogP) is 3.25. The smallest absolute Gasteiger partial charge is 0.256 e. The largest absolute Gasteiger partial charge is 0.264 e. The maximum atomic E-state index is 12.4. The van der Waals surface area contributed by atoms with Gasteiger partial charge < -0.3 is 0 Å². The molecular weight excluding hydrogens is 362 g/mol. The van der Waals surface area contributed by atoms with Gasteiger partial charge in [0.2, 0.25) is 0 Å². The average Bonchev–Trinajstić information content (AvgIpc) is 2.82. The Kier molecular flexibility index (Phi) is 3.45. The van der Waals surface area contributed by atoms with Crippen molar-refractivity contribution in [1.82, 2.24) is 9.97 Å². The first-order valence-electron chi connectivity index (χ1n) is 5.54. The summed E-state index contributed by atoms with van der Waals surface area (Å²) in [6.45, 7) is 0. The van der Waals surface area contributed by atoms with Gasteiger partial charge in [-0.05, 0) is 40.2 Å². The summed E-state index contributed by atoms with van der Waals surface area (Å²) < 4.78 is 28.1. The second-order valence-corrected chi connectivity index (χ2v) is 7.96. The zero-order valence-corrected chi connectivity index (χ0v) is 13.2. The molecule has 2 aromatic heterocycles. The van der Waals surface area contributed by atoms with E-state index in [1.165, 1.54) is 11.3 Å². The summed E-state index contributed by atoms with van der Waals surface area (Å²) in [6.07, 6.45) is 3.18. The maximum Gasteiger partial charge on any atom is 0.264 e. The normalized spacial score (nSPS) is 11.7. The highest BCUT2D eigenvalue weighted by Crippen LogP contribution is 2.27. The van der Waals surface area contributed by atoms with Gasteiger partial charge >= 0.3 is 0 Å². The number of benzene rings is 1. The van der Waals surface area contributed by atoms with Crippen LogP contribution in [0.5, 0.6) is 0 Å². The van der Waals surface area contributed by atoms with Gasteiger partial charge in [-0.3, -0.25) is 9.71 Å². The second kappa shape index (κ2) is 5.12. The minimum atomic E-state index is -3.69. The zero-order valence-electron chi connectivity index (χ0n) is 9.95. The molecule has 20 heavy (non-hydrogen) atoms. The van der Waals surface area contributed by atoms with Crippen LogP contribution in [0.15, 0.2) is 51.4 Å².